The van der Waals surface area contributed by atoms with Crippen LogP contribution in [0.25, 0.3) is 0 Å². The number of sulfonamides is 2. The standard InChI is InChI=1S/C26H29N3O6S2/c1-3-35-23-11-13-24(14-12-23)36(30,31)28-26(21-7-5-4-6-8-21)27-22-10-9-20(2)25(19-22)37(32,33)29-15-17-34-18-16-29/h4-14,19H,3,15-18H2,1-2H3,(H,27,28). The molecule has 0 radical (unpaired) electrons. The minimum Gasteiger partial charge on any atom is -0.494 e. The van der Waals surface area contributed by atoms with Crippen LogP contribution in [0.1, 0.15) is 18.1 Å². The van der Waals surface area contributed by atoms with Crippen LogP contribution in [0.5, 0.6) is 5.75 Å². The number of nitrogens with zero attached hydrogens (tertiary/aromatic N) is 2. The molecule has 1 aliphatic rings. The molecule has 1 fully saturated rings. The lowest BCUT2D eigenvalue weighted by molar-refractivity contribution is 0.0730. The average Bonchev–Trinajstić information content (AvgIpc) is 2.90. The number of morpholine rings is 1. The summed E-state index contributed by atoms with van der Waals surface area (Å²) in [6, 6.07) is 19.7. The minimum atomic E-state index is -4.09. The molecule has 1 aliphatic heterocycles. The first-order valence-electron chi connectivity index (χ1n) is 11.8. The van der Waals surface area contributed by atoms with Gasteiger partial charge in [0.25, 0.3) is 10.0 Å². The van der Waals surface area contributed by atoms with Crippen molar-refractivity contribution in [1.82, 2.24) is 4.31 Å². The highest BCUT2D eigenvalue weighted by molar-refractivity contribution is 7.90. The highest BCUT2D eigenvalue weighted by Gasteiger charge is 2.28. The van der Waals surface area contributed by atoms with Crippen molar-refractivity contribution in [2.45, 2.75) is 23.6 Å². The molecule has 0 saturated carbocycles. The van der Waals surface area contributed by atoms with Gasteiger partial charge in [0.1, 0.15) is 5.75 Å². The molecule has 9 nitrogen and oxygen atoms in total. The van der Waals surface area contributed by atoms with E-state index in [0.29, 0.717) is 42.4 Å². The second-order valence-electron chi connectivity index (χ2n) is 8.31. The molecule has 196 valence electrons. The summed E-state index contributed by atoms with van der Waals surface area (Å²) in [6.07, 6.45) is 0. The van der Waals surface area contributed by atoms with Gasteiger partial charge in [0, 0.05) is 24.3 Å². The molecule has 0 bridgehead atoms. The number of anilines is 1. The van der Waals surface area contributed by atoms with Gasteiger partial charge in [-0.2, -0.15) is 12.7 Å². The lowest BCUT2D eigenvalue weighted by atomic mass is 10.2. The normalized spacial score (nSPS) is 15.4. The van der Waals surface area contributed by atoms with E-state index >= 15 is 0 Å². The Morgan fingerprint density at radius 2 is 1.65 bits per heavy atom. The van der Waals surface area contributed by atoms with Gasteiger partial charge >= 0.3 is 0 Å². The molecule has 0 amide bonds. The van der Waals surface area contributed by atoms with Gasteiger partial charge in [-0.15, -0.1) is 4.40 Å². The zero-order valence-corrected chi connectivity index (χ0v) is 22.3. The number of amidine groups is 1. The smallest absolute Gasteiger partial charge is 0.284 e. The van der Waals surface area contributed by atoms with Crippen LogP contribution in [0.4, 0.5) is 5.69 Å². The Hall–Kier alpha value is -3.25. The second kappa shape index (κ2) is 11.4. The molecule has 3 aromatic carbocycles. The molecule has 0 spiro atoms. The van der Waals surface area contributed by atoms with Crippen molar-refractivity contribution in [2.75, 3.05) is 38.2 Å². The Labute approximate surface area is 217 Å². The fourth-order valence-electron chi connectivity index (χ4n) is 3.81. The molecule has 4 rings (SSSR count). The first-order valence-corrected chi connectivity index (χ1v) is 14.7. The Morgan fingerprint density at radius 1 is 0.973 bits per heavy atom. The number of hydrogen-bond acceptors (Lipinski definition) is 6. The lowest BCUT2D eigenvalue weighted by Gasteiger charge is -2.27. The van der Waals surface area contributed by atoms with Crippen LogP contribution in [-0.4, -0.2) is 59.9 Å². The molecule has 0 atom stereocenters. The summed E-state index contributed by atoms with van der Waals surface area (Å²) in [7, 11) is -7.85. The van der Waals surface area contributed by atoms with E-state index in [9.17, 15) is 16.8 Å². The Bertz CT molecular complexity index is 1470. The summed E-state index contributed by atoms with van der Waals surface area (Å²) in [6.45, 7) is 5.25. The zero-order valence-electron chi connectivity index (χ0n) is 20.6. The van der Waals surface area contributed by atoms with Crippen LogP contribution >= 0.6 is 0 Å². The lowest BCUT2D eigenvalue weighted by Crippen LogP contribution is -2.40. The Kier molecular flexibility index (Phi) is 8.28. The summed E-state index contributed by atoms with van der Waals surface area (Å²) >= 11 is 0. The number of benzene rings is 3. The van der Waals surface area contributed by atoms with Crippen LogP contribution in [0.3, 0.4) is 0 Å². The summed E-state index contributed by atoms with van der Waals surface area (Å²) in [5.74, 6) is 0.619. The highest BCUT2D eigenvalue weighted by atomic mass is 32.2. The summed E-state index contributed by atoms with van der Waals surface area (Å²) in [5.41, 5.74) is 1.49. The zero-order chi connectivity index (χ0) is 26.5. The van der Waals surface area contributed by atoms with Crippen molar-refractivity contribution in [3.05, 3.63) is 83.9 Å². The third-order valence-electron chi connectivity index (χ3n) is 5.73. The van der Waals surface area contributed by atoms with Gasteiger partial charge < -0.3 is 14.8 Å². The van der Waals surface area contributed by atoms with Gasteiger partial charge in [-0.3, -0.25) is 0 Å². The fourth-order valence-corrected chi connectivity index (χ4v) is 6.45. The Morgan fingerprint density at radius 3 is 2.30 bits per heavy atom. The van der Waals surface area contributed by atoms with Crippen molar-refractivity contribution in [3.63, 3.8) is 0 Å². The molecular weight excluding hydrogens is 514 g/mol. The van der Waals surface area contributed by atoms with E-state index < -0.39 is 20.0 Å². The van der Waals surface area contributed by atoms with E-state index in [1.54, 1.807) is 61.5 Å². The van der Waals surface area contributed by atoms with E-state index in [0.717, 1.165) is 0 Å². The molecule has 0 aliphatic carbocycles. The molecule has 1 N–H and O–H groups in total. The maximum atomic E-state index is 13.3. The van der Waals surface area contributed by atoms with E-state index in [-0.39, 0.29) is 28.7 Å². The second-order valence-corrected chi connectivity index (χ2v) is 11.8. The van der Waals surface area contributed by atoms with E-state index in [1.165, 1.54) is 22.5 Å². The number of rotatable bonds is 8. The molecule has 1 saturated heterocycles. The van der Waals surface area contributed by atoms with Crippen LogP contribution in [0.15, 0.2) is 87.0 Å². The van der Waals surface area contributed by atoms with Crippen LogP contribution in [-0.2, 0) is 24.8 Å². The Balaban J connectivity index is 1.71. The van der Waals surface area contributed by atoms with Crippen LogP contribution in [0.2, 0.25) is 0 Å². The largest absolute Gasteiger partial charge is 0.494 e. The van der Waals surface area contributed by atoms with Crippen LogP contribution < -0.4 is 10.1 Å². The van der Waals surface area contributed by atoms with Crippen molar-refractivity contribution >= 4 is 31.6 Å². The SMILES string of the molecule is CCOc1ccc(S(=O)(=O)N=C(Nc2ccc(C)c(S(=O)(=O)N3CCOCC3)c2)c2ccccc2)cc1. The van der Waals surface area contributed by atoms with Gasteiger partial charge in [-0.1, -0.05) is 36.4 Å². The monoisotopic (exact) mass is 543 g/mol. The fraction of sp³-hybridized carbons (Fsp3) is 0.269. The molecular formula is C26H29N3O6S2. The van der Waals surface area contributed by atoms with Crippen molar-refractivity contribution in [2.24, 2.45) is 4.40 Å². The minimum absolute atomic E-state index is 0.00525. The molecule has 37 heavy (non-hydrogen) atoms. The summed E-state index contributed by atoms with van der Waals surface area (Å²) in [4.78, 5) is 0.145. The molecule has 3 aromatic rings. The third kappa shape index (κ3) is 6.37. The summed E-state index contributed by atoms with van der Waals surface area (Å²) in [5, 5.41) is 3.03. The number of hydrogen-bond donors (Lipinski definition) is 1. The van der Waals surface area contributed by atoms with Crippen molar-refractivity contribution < 1.29 is 26.3 Å². The first kappa shape index (κ1) is 26.8. The average molecular weight is 544 g/mol. The topological polar surface area (TPSA) is 114 Å². The molecule has 0 aromatic heterocycles. The number of aryl methyl sites for hydroxylation is 1. The van der Waals surface area contributed by atoms with E-state index in [1.807, 2.05) is 6.92 Å². The third-order valence-corrected chi connectivity index (χ3v) is 9.06. The predicted molar refractivity (Wildman–Crippen MR) is 142 cm³/mol. The van der Waals surface area contributed by atoms with Gasteiger partial charge in [0.2, 0.25) is 10.0 Å². The predicted octanol–water partition coefficient (Wildman–Crippen LogP) is 3.66. The van der Waals surface area contributed by atoms with Gasteiger partial charge in [-0.05, 0) is 55.8 Å². The van der Waals surface area contributed by atoms with E-state index in [2.05, 4.69) is 9.71 Å². The van der Waals surface area contributed by atoms with Gasteiger partial charge in [0.05, 0.1) is 29.6 Å². The quantitative estimate of drug-likeness (QED) is 0.341. The van der Waals surface area contributed by atoms with Crippen LogP contribution in [0, 0.1) is 6.92 Å². The highest BCUT2D eigenvalue weighted by Crippen LogP contribution is 2.25. The van der Waals surface area contributed by atoms with Gasteiger partial charge in [0.15, 0.2) is 5.84 Å². The summed E-state index contributed by atoms with van der Waals surface area (Å²) < 4.78 is 69.1. The number of nitrogens with one attached hydrogen (secondary N) is 1. The van der Waals surface area contributed by atoms with Crippen molar-refractivity contribution in [1.29, 1.82) is 0 Å². The number of ether oxygens (including phenoxy) is 2. The molecule has 0 unspecified atom stereocenters. The maximum absolute atomic E-state index is 13.3. The maximum Gasteiger partial charge on any atom is 0.284 e. The van der Waals surface area contributed by atoms with Gasteiger partial charge in [-0.25, -0.2) is 8.42 Å². The van der Waals surface area contributed by atoms with E-state index in [4.69, 9.17) is 9.47 Å². The first-order chi connectivity index (χ1) is 17.7. The molecule has 1 heterocycles. The van der Waals surface area contributed by atoms with Crippen molar-refractivity contribution in [3.8, 4) is 5.75 Å². The molecule has 11 heteroatoms.